The van der Waals surface area contributed by atoms with E-state index in [0.29, 0.717) is 22.9 Å². The molecule has 2 heterocycles. The smallest absolute Gasteiger partial charge is 0.256 e. The number of amides is 1. The second-order valence-electron chi connectivity index (χ2n) is 6.55. The van der Waals surface area contributed by atoms with Gasteiger partial charge in [-0.3, -0.25) is 4.79 Å². The minimum absolute atomic E-state index is 0.101. The molecule has 137 valence electrons. The second-order valence-corrected chi connectivity index (χ2v) is 8.23. The van der Waals surface area contributed by atoms with Crippen molar-refractivity contribution in [2.45, 2.75) is 18.7 Å². The van der Waals surface area contributed by atoms with E-state index in [0.717, 1.165) is 17.0 Å². The SMILES string of the molecule is Cc1cc(C)c(/C=C2\C(=O)Nc3ccc(S(=O)(=O)N[C]4[CH][CH][CH][CH]4)cc32)[nH]1. The van der Waals surface area contributed by atoms with E-state index < -0.39 is 10.0 Å². The predicted octanol–water partition coefficient (Wildman–Crippen LogP) is 2.77. The van der Waals surface area contributed by atoms with Gasteiger partial charge in [-0.05, 0) is 75.4 Å². The van der Waals surface area contributed by atoms with E-state index in [2.05, 4.69) is 15.0 Å². The summed E-state index contributed by atoms with van der Waals surface area (Å²) in [4.78, 5) is 15.7. The summed E-state index contributed by atoms with van der Waals surface area (Å²) in [5.41, 5.74) is 4.43. The minimum Gasteiger partial charge on any atom is -0.359 e. The molecule has 4 rings (SSSR count). The maximum atomic E-state index is 12.7. The number of aromatic amines is 1. The molecule has 1 aliphatic carbocycles. The van der Waals surface area contributed by atoms with E-state index in [-0.39, 0.29) is 10.8 Å². The molecule has 5 radical (unpaired) electrons. The summed E-state index contributed by atoms with van der Waals surface area (Å²) in [7, 11) is -3.75. The average Bonchev–Trinajstić information content (AvgIpc) is 3.28. The van der Waals surface area contributed by atoms with Crippen molar-refractivity contribution in [1.29, 1.82) is 0 Å². The molecule has 0 atom stereocenters. The summed E-state index contributed by atoms with van der Waals surface area (Å²) in [6, 6.07) is 7.11. The number of carbonyl (C=O) groups excluding carboxylic acids is 1. The van der Waals surface area contributed by atoms with Gasteiger partial charge in [-0.25, -0.2) is 13.1 Å². The standard InChI is InChI=1S/C20H18N3O3S/c1-12-9-13(2)21-19(12)11-17-16-10-15(7-8-18(16)22-20(17)24)27(25,26)23-14-5-3-4-6-14/h3-11,21,23H,1-2H3,(H,22,24)/b17-11-. The van der Waals surface area contributed by atoms with Crippen LogP contribution in [0.5, 0.6) is 0 Å². The van der Waals surface area contributed by atoms with E-state index in [4.69, 9.17) is 0 Å². The normalized spacial score (nSPS) is 18.9. The molecule has 7 heteroatoms. The number of aryl methyl sites for hydroxylation is 2. The third-order valence-corrected chi connectivity index (χ3v) is 5.86. The first-order valence-corrected chi connectivity index (χ1v) is 9.90. The number of hydrogen-bond donors (Lipinski definition) is 3. The lowest BCUT2D eigenvalue weighted by Gasteiger charge is -2.12. The number of anilines is 1. The Morgan fingerprint density at radius 3 is 2.48 bits per heavy atom. The van der Waals surface area contributed by atoms with Crippen LogP contribution in [0, 0.1) is 45.6 Å². The molecule has 1 aromatic heterocycles. The number of nitrogens with one attached hydrogen (secondary N) is 3. The third-order valence-electron chi connectivity index (χ3n) is 4.48. The van der Waals surface area contributed by atoms with Gasteiger partial charge in [-0.2, -0.15) is 0 Å². The largest absolute Gasteiger partial charge is 0.359 e. The summed E-state index contributed by atoms with van der Waals surface area (Å²) in [5.74, 6) is -0.254. The van der Waals surface area contributed by atoms with Gasteiger partial charge in [-0.15, -0.1) is 0 Å². The second kappa shape index (κ2) is 6.65. The van der Waals surface area contributed by atoms with Gasteiger partial charge in [-0.1, -0.05) is 0 Å². The fraction of sp³-hybridized carbons (Fsp3) is 0.100. The van der Waals surface area contributed by atoms with Crippen LogP contribution in [-0.2, 0) is 14.8 Å². The Balaban J connectivity index is 1.71. The van der Waals surface area contributed by atoms with Crippen LogP contribution in [0.1, 0.15) is 22.5 Å². The fourth-order valence-corrected chi connectivity index (χ4v) is 4.26. The quantitative estimate of drug-likeness (QED) is 0.713. The van der Waals surface area contributed by atoms with Crippen LogP contribution in [0.3, 0.4) is 0 Å². The molecule has 2 aliphatic rings. The van der Waals surface area contributed by atoms with Gasteiger partial charge < -0.3 is 10.3 Å². The lowest BCUT2D eigenvalue weighted by atomic mass is 10.1. The number of aromatic nitrogens is 1. The molecule has 6 nitrogen and oxygen atoms in total. The monoisotopic (exact) mass is 380 g/mol. The topological polar surface area (TPSA) is 91.1 Å². The van der Waals surface area contributed by atoms with Crippen LogP contribution < -0.4 is 10.0 Å². The predicted molar refractivity (Wildman–Crippen MR) is 104 cm³/mol. The van der Waals surface area contributed by atoms with Crippen molar-refractivity contribution in [2.75, 3.05) is 5.32 Å². The highest BCUT2D eigenvalue weighted by Crippen LogP contribution is 2.35. The summed E-state index contributed by atoms with van der Waals surface area (Å²) in [6.07, 6.45) is 8.62. The highest BCUT2D eigenvalue weighted by Gasteiger charge is 2.29. The zero-order valence-electron chi connectivity index (χ0n) is 14.8. The van der Waals surface area contributed by atoms with Gasteiger partial charge in [0.1, 0.15) is 0 Å². The molecule has 1 saturated carbocycles. The Morgan fingerprint density at radius 1 is 1.07 bits per heavy atom. The summed E-state index contributed by atoms with van der Waals surface area (Å²) in [6.45, 7) is 3.89. The zero-order chi connectivity index (χ0) is 19.2. The summed E-state index contributed by atoms with van der Waals surface area (Å²) in [5, 5.41) is 2.78. The molecule has 2 aromatic rings. The number of carbonyl (C=O) groups is 1. The number of rotatable bonds is 4. The highest BCUT2D eigenvalue weighted by atomic mass is 32.2. The van der Waals surface area contributed by atoms with E-state index in [1.54, 1.807) is 37.8 Å². The molecule has 0 spiro atoms. The van der Waals surface area contributed by atoms with E-state index in [9.17, 15) is 13.2 Å². The average molecular weight is 380 g/mol. The van der Waals surface area contributed by atoms with Crippen LogP contribution in [0.15, 0.2) is 29.2 Å². The van der Waals surface area contributed by atoms with Crippen LogP contribution in [-0.4, -0.2) is 19.3 Å². The summed E-state index contributed by atoms with van der Waals surface area (Å²) >= 11 is 0. The first-order chi connectivity index (χ1) is 12.8. The summed E-state index contributed by atoms with van der Waals surface area (Å²) < 4.78 is 27.9. The molecular weight excluding hydrogens is 362 g/mol. The van der Waals surface area contributed by atoms with Crippen molar-refractivity contribution in [1.82, 2.24) is 9.71 Å². The fourth-order valence-electron chi connectivity index (χ4n) is 3.18. The van der Waals surface area contributed by atoms with Crippen molar-refractivity contribution < 1.29 is 13.2 Å². The maximum Gasteiger partial charge on any atom is 0.256 e. The molecule has 1 aliphatic heterocycles. The first kappa shape index (κ1) is 18.0. The van der Waals surface area contributed by atoms with Crippen molar-refractivity contribution in [3.05, 3.63) is 78.5 Å². The van der Waals surface area contributed by atoms with E-state index in [1.165, 1.54) is 12.1 Å². The van der Waals surface area contributed by atoms with Crippen molar-refractivity contribution in [2.24, 2.45) is 0 Å². The van der Waals surface area contributed by atoms with Crippen molar-refractivity contribution >= 4 is 33.3 Å². The lowest BCUT2D eigenvalue weighted by molar-refractivity contribution is -0.110. The first-order valence-electron chi connectivity index (χ1n) is 8.42. The third kappa shape index (κ3) is 3.44. The molecule has 1 fully saturated rings. The molecule has 1 aromatic carbocycles. The molecule has 0 bridgehead atoms. The van der Waals surface area contributed by atoms with Crippen LogP contribution in [0.25, 0.3) is 11.6 Å². The van der Waals surface area contributed by atoms with E-state index >= 15 is 0 Å². The minimum atomic E-state index is -3.75. The van der Waals surface area contributed by atoms with Crippen molar-refractivity contribution in [3.63, 3.8) is 0 Å². The zero-order valence-corrected chi connectivity index (χ0v) is 15.6. The van der Waals surface area contributed by atoms with Crippen molar-refractivity contribution in [3.8, 4) is 0 Å². The maximum absolute atomic E-state index is 12.7. The Kier molecular flexibility index (Phi) is 4.44. The number of H-pyrrole nitrogens is 1. The molecule has 0 saturated heterocycles. The van der Waals surface area contributed by atoms with Crippen LogP contribution in [0.4, 0.5) is 5.69 Å². The lowest BCUT2D eigenvalue weighted by Crippen LogP contribution is -2.27. The molecule has 0 unspecified atom stereocenters. The van der Waals surface area contributed by atoms with Crippen LogP contribution >= 0.6 is 0 Å². The van der Waals surface area contributed by atoms with Gasteiger partial charge >= 0.3 is 0 Å². The Labute approximate surface area is 159 Å². The Morgan fingerprint density at radius 2 is 1.81 bits per heavy atom. The number of benzene rings is 1. The van der Waals surface area contributed by atoms with Gasteiger partial charge in [0.25, 0.3) is 5.91 Å². The molecule has 27 heavy (non-hydrogen) atoms. The Bertz CT molecular complexity index is 1040. The van der Waals surface area contributed by atoms with Gasteiger partial charge in [0.2, 0.25) is 10.0 Å². The highest BCUT2D eigenvalue weighted by molar-refractivity contribution is 7.89. The molecule has 3 N–H and O–H groups in total. The van der Waals surface area contributed by atoms with Gasteiger partial charge in [0.05, 0.1) is 16.5 Å². The van der Waals surface area contributed by atoms with Gasteiger partial charge in [0, 0.05) is 22.6 Å². The Hall–Kier alpha value is -2.38. The number of hydrogen-bond acceptors (Lipinski definition) is 3. The van der Waals surface area contributed by atoms with Crippen LogP contribution in [0.2, 0.25) is 0 Å². The number of sulfonamides is 1. The molecule has 1 amide bonds. The van der Waals surface area contributed by atoms with E-state index in [1.807, 2.05) is 19.9 Å². The van der Waals surface area contributed by atoms with Gasteiger partial charge in [0.15, 0.2) is 0 Å². The number of fused-ring (bicyclic) bond motifs is 1. The molecular formula is C20H18N3O3S.